The van der Waals surface area contributed by atoms with Crippen LogP contribution >= 0.6 is 22.9 Å². The molecular weight excluding hydrogens is 446 g/mol. The van der Waals surface area contributed by atoms with Gasteiger partial charge in [-0.3, -0.25) is 4.79 Å². The molecule has 0 fully saturated rings. The topological polar surface area (TPSA) is 64.6 Å². The minimum Gasteiger partial charge on any atom is -0.484 e. The molecule has 2 aromatic carbocycles. The van der Waals surface area contributed by atoms with Gasteiger partial charge in [0.25, 0.3) is 5.91 Å². The van der Waals surface area contributed by atoms with Crippen molar-refractivity contribution in [3.63, 3.8) is 0 Å². The van der Waals surface area contributed by atoms with E-state index in [9.17, 15) is 9.59 Å². The zero-order chi connectivity index (χ0) is 23.3. The van der Waals surface area contributed by atoms with Gasteiger partial charge in [-0.05, 0) is 61.6 Å². The van der Waals surface area contributed by atoms with Crippen LogP contribution in [0.5, 0.6) is 5.75 Å². The maximum absolute atomic E-state index is 12.7. The van der Waals surface area contributed by atoms with Crippen LogP contribution in [0.15, 0.2) is 41.8 Å². The number of aryl methyl sites for hydroxylation is 3. The molecule has 0 aliphatic carbocycles. The van der Waals surface area contributed by atoms with Gasteiger partial charge in [-0.1, -0.05) is 42.8 Å². The molecule has 1 N–H and O–H groups in total. The summed E-state index contributed by atoms with van der Waals surface area (Å²) in [5.74, 6) is -0.271. The van der Waals surface area contributed by atoms with E-state index in [0.717, 1.165) is 28.7 Å². The van der Waals surface area contributed by atoms with Crippen LogP contribution in [0, 0.1) is 13.8 Å². The van der Waals surface area contributed by atoms with Crippen LogP contribution in [0.4, 0.5) is 5.00 Å². The largest absolute Gasteiger partial charge is 0.484 e. The highest BCUT2D eigenvalue weighted by molar-refractivity contribution is 7.15. The molecule has 0 saturated heterocycles. The van der Waals surface area contributed by atoms with Gasteiger partial charge in [-0.15, -0.1) is 11.3 Å². The van der Waals surface area contributed by atoms with Crippen molar-refractivity contribution in [2.24, 2.45) is 0 Å². The summed E-state index contributed by atoms with van der Waals surface area (Å²) < 4.78 is 10.9. The molecule has 3 rings (SSSR count). The molecule has 0 radical (unpaired) electrons. The maximum atomic E-state index is 12.7. The smallest absolute Gasteiger partial charge is 0.341 e. The molecule has 1 amide bonds. The fourth-order valence-electron chi connectivity index (χ4n) is 3.29. The first-order valence-corrected chi connectivity index (χ1v) is 11.7. The Morgan fingerprint density at radius 1 is 1.06 bits per heavy atom. The molecule has 0 unspecified atom stereocenters. The van der Waals surface area contributed by atoms with E-state index in [1.807, 2.05) is 43.5 Å². The van der Waals surface area contributed by atoms with Crippen molar-refractivity contribution in [3.8, 4) is 16.9 Å². The van der Waals surface area contributed by atoms with Crippen molar-refractivity contribution in [3.05, 3.63) is 69.1 Å². The molecular formula is C25H26ClNO4S. The number of thiophene rings is 1. The van der Waals surface area contributed by atoms with Crippen molar-refractivity contribution in [1.29, 1.82) is 0 Å². The minimum atomic E-state index is -0.469. The number of rotatable bonds is 8. The highest BCUT2D eigenvalue weighted by Gasteiger charge is 2.23. The summed E-state index contributed by atoms with van der Waals surface area (Å²) in [7, 11) is 0. The summed E-state index contributed by atoms with van der Waals surface area (Å²) in [5, 5.41) is 5.78. The number of hydrogen-bond acceptors (Lipinski definition) is 5. The van der Waals surface area contributed by atoms with E-state index in [-0.39, 0.29) is 19.1 Å². The monoisotopic (exact) mass is 471 g/mol. The molecule has 5 nitrogen and oxygen atoms in total. The van der Waals surface area contributed by atoms with Crippen LogP contribution in [0.2, 0.25) is 5.02 Å². The highest BCUT2D eigenvalue weighted by atomic mass is 35.5. The number of anilines is 1. The van der Waals surface area contributed by atoms with Crippen molar-refractivity contribution < 1.29 is 19.1 Å². The lowest BCUT2D eigenvalue weighted by molar-refractivity contribution is -0.118. The summed E-state index contributed by atoms with van der Waals surface area (Å²) in [4.78, 5) is 25.3. The molecule has 1 heterocycles. The molecule has 3 aromatic rings. The fraction of sp³-hybridized carbons (Fsp3) is 0.280. The predicted molar refractivity (Wildman–Crippen MR) is 130 cm³/mol. The lowest BCUT2D eigenvalue weighted by Gasteiger charge is -2.11. The van der Waals surface area contributed by atoms with Gasteiger partial charge >= 0.3 is 5.97 Å². The van der Waals surface area contributed by atoms with E-state index < -0.39 is 5.97 Å². The summed E-state index contributed by atoms with van der Waals surface area (Å²) in [6.45, 7) is 7.66. The van der Waals surface area contributed by atoms with Crippen LogP contribution in [-0.4, -0.2) is 25.1 Å². The molecule has 0 atom stereocenters. The van der Waals surface area contributed by atoms with Gasteiger partial charge in [0.05, 0.1) is 6.61 Å². The number of carbonyl (C=O) groups excluding carboxylic acids is 2. The van der Waals surface area contributed by atoms with Gasteiger partial charge in [0.1, 0.15) is 16.3 Å². The number of amides is 1. The van der Waals surface area contributed by atoms with Crippen LogP contribution in [-0.2, 0) is 16.0 Å². The Morgan fingerprint density at radius 2 is 1.72 bits per heavy atom. The molecule has 0 aliphatic heterocycles. The Bertz CT molecular complexity index is 1100. The van der Waals surface area contributed by atoms with Gasteiger partial charge < -0.3 is 14.8 Å². The third kappa shape index (κ3) is 5.50. The van der Waals surface area contributed by atoms with Crippen molar-refractivity contribution in [2.45, 2.75) is 34.1 Å². The molecule has 168 valence electrons. The molecule has 0 saturated carbocycles. The maximum Gasteiger partial charge on any atom is 0.341 e. The molecule has 32 heavy (non-hydrogen) atoms. The second-order valence-electron chi connectivity index (χ2n) is 7.33. The first kappa shape index (κ1) is 23.8. The predicted octanol–water partition coefficient (Wildman–Crippen LogP) is 6.44. The third-order valence-corrected chi connectivity index (χ3v) is 6.47. The van der Waals surface area contributed by atoms with Crippen molar-refractivity contribution in [2.75, 3.05) is 18.5 Å². The van der Waals surface area contributed by atoms with Crippen molar-refractivity contribution in [1.82, 2.24) is 0 Å². The number of ether oxygens (including phenoxy) is 2. The Kier molecular flexibility index (Phi) is 7.94. The Labute approximate surface area is 197 Å². The first-order chi connectivity index (χ1) is 15.3. The minimum absolute atomic E-state index is 0.193. The SMILES string of the molecule is CCOC(=O)c1c(-c2ccc(CC)cc2)csc1NC(=O)COc1cc(C)c(Cl)c(C)c1. The van der Waals surface area contributed by atoms with Crippen LogP contribution < -0.4 is 10.1 Å². The number of esters is 1. The lowest BCUT2D eigenvalue weighted by Crippen LogP contribution is -2.21. The zero-order valence-corrected chi connectivity index (χ0v) is 20.2. The number of nitrogens with one attached hydrogen (secondary N) is 1. The van der Waals surface area contributed by atoms with E-state index in [2.05, 4.69) is 12.2 Å². The Hall–Kier alpha value is -2.83. The van der Waals surface area contributed by atoms with E-state index in [0.29, 0.717) is 21.3 Å². The average Bonchev–Trinajstić information content (AvgIpc) is 3.19. The van der Waals surface area contributed by atoms with E-state index in [1.54, 1.807) is 19.1 Å². The van der Waals surface area contributed by atoms with Crippen LogP contribution in [0.25, 0.3) is 11.1 Å². The number of halogens is 1. The molecule has 7 heteroatoms. The van der Waals surface area contributed by atoms with Gasteiger partial charge in [-0.2, -0.15) is 0 Å². The van der Waals surface area contributed by atoms with Gasteiger partial charge in [0, 0.05) is 16.0 Å². The average molecular weight is 472 g/mol. The summed E-state index contributed by atoms with van der Waals surface area (Å²) in [6.07, 6.45) is 0.933. The number of hydrogen-bond donors (Lipinski definition) is 1. The Morgan fingerprint density at radius 3 is 2.31 bits per heavy atom. The van der Waals surface area contributed by atoms with Gasteiger partial charge in [0.15, 0.2) is 6.61 Å². The summed E-state index contributed by atoms with van der Waals surface area (Å²) in [6, 6.07) is 11.6. The quantitative estimate of drug-likeness (QED) is 0.384. The summed E-state index contributed by atoms with van der Waals surface area (Å²) in [5.41, 5.74) is 4.95. The molecule has 1 aromatic heterocycles. The molecule has 0 aliphatic rings. The van der Waals surface area contributed by atoms with Crippen molar-refractivity contribution >= 4 is 39.8 Å². The summed E-state index contributed by atoms with van der Waals surface area (Å²) >= 11 is 7.47. The third-order valence-electron chi connectivity index (χ3n) is 4.98. The van der Waals surface area contributed by atoms with E-state index in [1.165, 1.54) is 16.9 Å². The van der Waals surface area contributed by atoms with Gasteiger partial charge in [0.2, 0.25) is 0 Å². The second-order valence-corrected chi connectivity index (χ2v) is 8.59. The Balaban J connectivity index is 1.79. The lowest BCUT2D eigenvalue weighted by atomic mass is 10.0. The number of benzene rings is 2. The van der Waals surface area contributed by atoms with E-state index >= 15 is 0 Å². The zero-order valence-electron chi connectivity index (χ0n) is 18.6. The molecule has 0 spiro atoms. The standard InChI is InChI=1S/C25H26ClNO4S/c1-5-17-7-9-18(10-8-17)20-14-32-24(22(20)25(29)30-6-2)27-21(28)13-31-19-11-15(3)23(26)16(4)12-19/h7-12,14H,5-6,13H2,1-4H3,(H,27,28). The number of carbonyl (C=O) groups is 2. The fourth-order valence-corrected chi connectivity index (χ4v) is 4.37. The highest BCUT2D eigenvalue weighted by Crippen LogP contribution is 2.36. The first-order valence-electron chi connectivity index (χ1n) is 10.4. The van der Waals surface area contributed by atoms with Gasteiger partial charge in [-0.25, -0.2) is 4.79 Å². The molecule has 0 bridgehead atoms. The van der Waals surface area contributed by atoms with Crippen LogP contribution in [0.1, 0.15) is 40.9 Å². The van der Waals surface area contributed by atoms with Crippen LogP contribution in [0.3, 0.4) is 0 Å². The van der Waals surface area contributed by atoms with E-state index in [4.69, 9.17) is 21.1 Å². The second kappa shape index (κ2) is 10.7. The normalized spacial score (nSPS) is 10.7.